The third-order valence-corrected chi connectivity index (χ3v) is 8.34. The molecule has 10 heteroatoms. The van der Waals surface area contributed by atoms with Gasteiger partial charge in [0.15, 0.2) is 0 Å². The van der Waals surface area contributed by atoms with Crippen LogP contribution in [-0.2, 0) is 16.0 Å². The van der Waals surface area contributed by atoms with Gasteiger partial charge in [-0.05, 0) is 60.0 Å². The fourth-order valence-corrected chi connectivity index (χ4v) is 6.09. The van der Waals surface area contributed by atoms with Crippen molar-refractivity contribution in [3.05, 3.63) is 131 Å². The predicted octanol–water partition coefficient (Wildman–Crippen LogP) is 6.14. The zero-order chi connectivity index (χ0) is 31.1. The Kier molecular flexibility index (Phi) is 7.17. The highest BCUT2D eigenvalue weighted by Crippen LogP contribution is 2.37. The first-order valence-electron chi connectivity index (χ1n) is 14.6. The molecule has 2 aliphatic heterocycles. The summed E-state index contributed by atoms with van der Waals surface area (Å²) in [5.74, 6) is -1.37. The van der Waals surface area contributed by atoms with Crippen molar-refractivity contribution in [2.75, 3.05) is 16.8 Å². The first-order chi connectivity index (χ1) is 21.9. The molecular weight excluding hydrogens is 573 g/mol. The standard InChI is InChI=1S/C35H28FN5O4/c1-21(42)40-16-15-32(27-9-5-6-10-31(27)40)41-20-30(38-39-41)28-19-25(12-14-29(28)36)37-34(43)23-11-13-26-24(17-23)18-33(45-35(26)44)22-7-3-2-4-8-22/h2-14,17,19-20,32-33H,15-16,18H2,1H3,(H,37,43). The van der Waals surface area contributed by atoms with Gasteiger partial charge < -0.3 is 15.0 Å². The molecule has 4 aromatic carbocycles. The van der Waals surface area contributed by atoms with E-state index in [-0.39, 0.29) is 17.5 Å². The minimum absolute atomic E-state index is 0.0321. The molecule has 1 aromatic heterocycles. The fraction of sp³-hybridized carbons (Fsp3) is 0.171. The van der Waals surface area contributed by atoms with E-state index in [9.17, 15) is 14.4 Å². The summed E-state index contributed by atoms with van der Waals surface area (Å²) in [6.07, 6.45) is 2.32. The van der Waals surface area contributed by atoms with Crippen molar-refractivity contribution >= 4 is 29.2 Å². The Morgan fingerprint density at radius 1 is 0.956 bits per heavy atom. The van der Waals surface area contributed by atoms with Crippen molar-refractivity contribution in [1.82, 2.24) is 15.0 Å². The number of benzene rings is 4. The number of hydrogen-bond acceptors (Lipinski definition) is 6. The van der Waals surface area contributed by atoms with Gasteiger partial charge in [0.2, 0.25) is 5.91 Å². The molecule has 45 heavy (non-hydrogen) atoms. The van der Waals surface area contributed by atoms with Crippen LogP contribution >= 0.6 is 0 Å². The molecule has 0 bridgehead atoms. The molecule has 2 atom stereocenters. The van der Waals surface area contributed by atoms with Gasteiger partial charge >= 0.3 is 5.97 Å². The van der Waals surface area contributed by atoms with Crippen LogP contribution in [0.2, 0.25) is 0 Å². The number of halogens is 1. The second-order valence-corrected chi connectivity index (χ2v) is 11.1. The lowest BCUT2D eigenvalue weighted by atomic mass is 9.93. The Bertz CT molecular complexity index is 1960. The van der Waals surface area contributed by atoms with Gasteiger partial charge in [0.05, 0.1) is 17.8 Å². The molecule has 0 aliphatic carbocycles. The maximum atomic E-state index is 15.1. The van der Waals surface area contributed by atoms with Crippen LogP contribution in [-0.4, -0.2) is 39.3 Å². The molecule has 0 fully saturated rings. The highest BCUT2D eigenvalue weighted by Gasteiger charge is 2.30. The molecule has 0 spiro atoms. The van der Waals surface area contributed by atoms with Crippen molar-refractivity contribution in [1.29, 1.82) is 0 Å². The third-order valence-electron chi connectivity index (χ3n) is 8.34. The van der Waals surface area contributed by atoms with Crippen LogP contribution in [0.1, 0.15) is 62.9 Å². The van der Waals surface area contributed by atoms with E-state index in [0.29, 0.717) is 41.9 Å². The summed E-state index contributed by atoms with van der Waals surface area (Å²) < 4.78 is 22.4. The van der Waals surface area contributed by atoms with Crippen LogP contribution in [0.4, 0.5) is 15.8 Å². The van der Waals surface area contributed by atoms with Crippen LogP contribution in [0.5, 0.6) is 0 Å². The van der Waals surface area contributed by atoms with Crippen molar-refractivity contribution < 1.29 is 23.5 Å². The van der Waals surface area contributed by atoms with Crippen LogP contribution in [0, 0.1) is 5.82 Å². The Morgan fingerprint density at radius 2 is 1.76 bits per heavy atom. The normalized spacial score (nSPS) is 17.2. The quantitative estimate of drug-likeness (QED) is 0.243. The zero-order valence-corrected chi connectivity index (χ0v) is 24.3. The number of fused-ring (bicyclic) bond motifs is 2. The summed E-state index contributed by atoms with van der Waals surface area (Å²) in [6, 6.07) is 26.1. The molecular formula is C35H28FN5O4. The Morgan fingerprint density at radius 3 is 2.58 bits per heavy atom. The van der Waals surface area contributed by atoms with Gasteiger partial charge in [-0.15, -0.1) is 5.10 Å². The number of carbonyl (C=O) groups excluding carboxylic acids is 3. The second-order valence-electron chi connectivity index (χ2n) is 11.1. The highest BCUT2D eigenvalue weighted by atomic mass is 19.1. The zero-order valence-electron chi connectivity index (χ0n) is 24.3. The number of nitrogens with one attached hydrogen (secondary N) is 1. The molecule has 3 heterocycles. The largest absolute Gasteiger partial charge is 0.454 e. The highest BCUT2D eigenvalue weighted by molar-refractivity contribution is 6.05. The van der Waals surface area contributed by atoms with Gasteiger partial charge in [0, 0.05) is 48.0 Å². The maximum absolute atomic E-state index is 15.1. The molecule has 2 amide bonds. The van der Waals surface area contributed by atoms with Crippen LogP contribution in [0.15, 0.2) is 97.2 Å². The summed E-state index contributed by atoms with van der Waals surface area (Å²) in [4.78, 5) is 39.9. The number of nitrogens with zero attached hydrogens (tertiary/aromatic N) is 4. The third kappa shape index (κ3) is 5.35. The van der Waals surface area contributed by atoms with E-state index in [4.69, 9.17) is 4.74 Å². The summed E-state index contributed by atoms with van der Waals surface area (Å²) in [5, 5.41) is 11.4. The van der Waals surface area contributed by atoms with Gasteiger partial charge in [0.1, 0.15) is 17.6 Å². The van der Waals surface area contributed by atoms with E-state index >= 15 is 4.39 Å². The van der Waals surface area contributed by atoms with Crippen molar-refractivity contribution in [3.63, 3.8) is 0 Å². The minimum Gasteiger partial charge on any atom is -0.454 e. The number of hydrogen-bond donors (Lipinski definition) is 1. The minimum atomic E-state index is -0.508. The number of rotatable bonds is 5. The Labute approximate surface area is 258 Å². The van der Waals surface area contributed by atoms with E-state index in [0.717, 1.165) is 22.4 Å². The summed E-state index contributed by atoms with van der Waals surface area (Å²) >= 11 is 0. The average Bonchev–Trinajstić information content (AvgIpc) is 3.55. The molecule has 2 aliphatic rings. The van der Waals surface area contributed by atoms with Crippen LogP contribution in [0.3, 0.4) is 0 Å². The van der Waals surface area contributed by atoms with Crippen LogP contribution in [0.25, 0.3) is 11.3 Å². The second kappa shape index (κ2) is 11.5. The van der Waals surface area contributed by atoms with Gasteiger partial charge in [-0.3, -0.25) is 9.59 Å². The topological polar surface area (TPSA) is 106 Å². The lowest BCUT2D eigenvalue weighted by molar-refractivity contribution is -0.116. The summed E-state index contributed by atoms with van der Waals surface area (Å²) in [5.41, 5.74) is 5.04. The van der Waals surface area contributed by atoms with E-state index in [1.165, 1.54) is 18.2 Å². The molecule has 5 aromatic rings. The molecule has 9 nitrogen and oxygen atoms in total. The lowest BCUT2D eigenvalue weighted by Gasteiger charge is -2.33. The summed E-state index contributed by atoms with van der Waals surface area (Å²) in [7, 11) is 0. The molecule has 0 saturated carbocycles. The van der Waals surface area contributed by atoms with Gasteiger partial charge in [-0.1, -0.05) is 53.7 Å². The van der Waals surface area contributed by atoms with E-state index in [1.54, 1.807) is 40.9 Å². The number of amides is 2. The first-order valence-corrected chi connectivity index (χ1v) is 14.6. The molecule has 0 saturated heterocycles. The molecule has 0 radical (unpaired) electrons. The van der Waals surface area contributed by atoms with Crippen LogP contribution < -0.4 is 10.2 Å². The number of esters is 1. The molecule has 224 valence electrons. The van der Waals surface area contributed by atoms with Crippen molar-refractivity contribution in [2.24, 2.45) is 0 Å². The van der Waals surface area contributed by atoms with Gasteiger partial charge in [-0.2, -0.15) is 0 Å². The van der Waals surface area contributed by atoms with E-state index < -0.39 is 23.8 Å². The maximum Gasteiger partial charge on any atom is 0.339 e. The van der Waals surface area contributed by atoms with E-state index in [1.807, 2.05) is 54.6 Å². The smallest absolute Gasteiger partial charge is 0.339 e. The van der Waals surface area contributed by atoms with Gasteiger partial charge in [0.25, 0.3) is 5.91 Å². The number of cyclic esters (lactones) is 1. The first kappa shape index (κ1) is 28.1. The lowest BCUT2D eigenvalue weighted by Crippen LogP contribution is -2.36. The Balaban J connectivity index is 1.11. The monoisotopic (exact) mass is 601 g/mol. The molecule has 2 unspecified atom stereocenters. The molecule has 7 rings (SSSR count). The number of anilines is 2. The number of para-hydroxylation sites is 1. The average molecular weight is 602 g/mol. The number of ether oxygens (including phenoxy) is 1. The van der Waals surface area contributed by atoms with Crippen molar-refractivity contribution in [2.45, 2.75) is 31.9 Å². The fourth-order valence-electron chi connectivity index (χ4n) is 6.09. The van der Waals surface area contributed by atoms with Crippen molar-refractivity contribution in [3.8, 4) is 11.3 Å². The predicted molar refractivity (Wildman–Crippen MR) is 165 cm³/mol. The Hall–Kier alpha value is -5.64. The SMILES string of the molecule is CC(=O)N1CCC(n2cc(-c3cc(NC(=O)c4ccc5c(c4)CC(c4ccccc4)OC5=O)ccc3F)nn2)c2ccccc21. The van der Waals surface area contributed by atoms with E-state index in [2.05, 4.69) is 15.6 Å². The van der Waals surface area contributed by atoms with Gasteiger partial charge in [-0.25, -0.2) is 13.9 Å². The summed E-state index contributed by atoms with van der Waals surface area (Å²) in [6.45, 7) is 2.07. The molecule has 1 N–H and O–H groups in total. The number of aromatic nitrogens is 3. The number of carbonyl (C=O) groups is 3.